The predicted molar refractivity (Wildman–Crippen MR) is 65.6 cm³/mol. The molecule has 0 amide bonds. The van der Waals surface area contributed by atoms with Crippen molar-refractivity contribution in [1.29, 1.82) is 0 Å². The third-order valence-electron chi connectivity index (χ3n) is 3.86. The summed E-state index contributed by atoms with van der Waals surface area (Å²) in [6.45, 7) is -0.279. The summed E-state index contributed by atoms with van der Waals surface area (Å²) in [5, 5.41) is 39.3. The van der Waals surface area contributed by atoms with E-state index < -0.39 is 29.4 Å². The molecule has 3 unspecified atom stereocenters. The summed E-state index contributed by atoms with van der Waals surface area (Å²) < 4.78 is 1.13. The highest BCUT2D eigenvalue weighted by Gasteiger charge is 2.57. The van der Waals surface area contributed by atoms with E-state index in [0.717, 1.165) is 10.9 Å². The Morgan fingerprint density at radius 3 is 2.95 bits per heavy atom. The van der Waals surface area contributed by atoms with E-state index in [1.54, 1.807) is 0 Å². The molecule has 0 bridgehead atoms. The number of fused-ring (bicyclic) bond motifs is 1. The van der Waals surface area contributed by atoms with Crippen LogP contribution in [-0.2, 0) is 0 Å². The molecule has 1 saturated carbocycles. The summed E-state index contributed by atoms with van der Waals surface area (Å²) in [6.07, 6.45) is -0.405. The highest BCUT2D eigenvalue weighted by atomic mass is 16.4. The number of aromatic amines is 1. The molecule has 1 aliphatic rings. The maximum atomic E-state index is 11.5. The van der Waals surface area contributed by atoms with Gasteiger partial charge in [0, 0.05) is 12.5 Å². The highest BCUT2D eigenvalue weighted by Crippen LogP contribution is 2.44. The fraction of sp³-hybridized carbons (Fsp3) is 0.545. The molecule has 5 N–H and O–H groups in total. The predicted octanol–water partition coefficient (Wildman–Crippen LogP) is -2.29. The summed E-state index contributed by atoms with van der Waals surface area (Å²) >= 11 is 0. The van der Waals surface area contributed by atoms with Crippen LogP contribution in [0.4, 0.5) is 0 Å². The molecule has 0 aliphatic heterocycles. The number of hydrogen-bond donors (Lipinski definition) is 5. The SMILES string of the molecule is O=c1[nH]cnc2c1ncn2C(O)[C@]1(O)CC(CO)C1O. The van der Waals surface area contributed by atoms with Crippen molar-refractivity contribution in [3.63, 3.8) is 0 Å². The van der Waals surface area contributed by atoms with E-state index >= 15 is 0 Å². The lowest BCUT2D eigenvalue weighted by Crippen LogP contribution is -2.63. The van der Waals surface area contributed by atoms with E-state index in [0.29, 0.717) is 0 Å². The van der Waals surface area contributed by atoms with Crippen LogP contribution in [-0.4, -0.2) is 58.3 Å². The van der Waals surface area contributed by atoms with Gasteiger partial charge in [0.25, 0.3) is 5.56 Å². The fourth-order valence-corrected chi connectivity index (χ4v) is 2.61. The zero-order chi connectivity index (χ0) is 14.5. The van der Waals surface area contributed by atoms with Gasteiger partial charge in [-0.1, -0.05) is 0 Å². The molecule has 0 saturated heterocycles. The van der Waals surface area contributed by atoms with Crippen LogP contribution < -0.4 is 5.56 Å². The van der Waals surface area contributed by atoms with Crippen molar-refractivity contribution >= 4 is 11.2 Å². The monoisotopic (exact) mass is 282 g/mol. The van der Waals surface area contributed by atoms with Gasteiger partial charge in [0.05, 0.1) is 18.8 Å². The maximum absolute atomic E-state index is 11.5. The number of aliphatic hydroxyl groups excluding tert-OH is 3. The summed E-state index contributed by atoms with van der Waals surface area (Å²) in [7, 11) is 0. The molecular weight excluding hydrogens is 268 g/mol. The van der Waals surface area contributed by atoms with Gasteiger partial charge in [0.2, 0.25) is 0 Å². The molecule has 2 aromatic rings. The van der Waals surface area contributed by atoms with Crippen molar-refractivity contribution in [2.75, 3.05) is 6.61 Å². The van der Waals surface area contributed by atoms with E-state index in [9.17, 15) is 20.1 Å². The summed E-state index contributed by atoms with van der Waals surface area (Å²) in [5.74, 6) is -0.485. The normalized spacial score (nSPS) is 31.2. The van der Waals surface area contributed by atoms with Crippen LogP contribution in [0.1, 0.15) is 12.6 Å². The van der Waals surface area contributed by atoms with Crippen LogP contribution >= 0.6 is 0 Å². The quantitative estimate of drug-likeness (QED) is 0.426. The lowest BCUT2D eigenvalue weighted by molar-refractivity contribution is -0.257. The van der Waals surface area contributed by atoms with Gasteiger partial charge in [-0.15, -0.1) is 0 Å². The molecule has 2 heterocycles. The Bertz CT molecular complexity index is 697. The van der Waals surface area contributed by atoms with Gasteiger partial charge in [-0.25, -0.2) is 9.97 Å². The molecule has 1 aliphatic carbocycles. The number of nitrogens with one attached hydrogen (secondary N) is 1. The largest absolute Gasteiger partial charge is 0.396 e. The van der Waals surface area contributed by atoms with E-state index in [2.05, 4.69) is 15.0 Å². The van der Waals surface area contributed by atoms with Gasteiger partial charge in [0.1, 0.15) is 5.60 Å². The second kappa shape index (κ2) is 4.35. The van der Waals surface area contributed by atoms with Crippen molar-refractivity contribution in [3.05, 3.63) is 23.0 Å². The van der Waals surface area contributed by atoms with Crippen molar-refractivity contribution in [3.8, 4) is 0 Å². The van der Waals surface area contributed by atoms with Crippen molar-refractivity contribution in [2.24, 2.45) is 5.92 Å². The first-order valence-corrected chi connectivity index (χ1v) is 6.08. The number of nitrogens with zero attached hydrogens (tertiary/aromatic N) is 3. The van der Waals surface area contributed by atoms with Crippen molar-refractivity contribution in [1.82, 2.24) is 19.5 Å². The minimum absolute atomic E-state index is 0.0303. The molecule has 0 radical (unpaired) electrons. The van der Waals surface area contributed by atoms with E-state index in [-0.39, 0.29) is 24.2 Å². The average molecular weight is 282 g/mol. The van der Waals surface area contributed by atoms with Gasteiger partial charge >= 0.3 is 0 Å². The fourth-order valence-electron chi connectivity index (χ4n) is 2.61. The Balaban J connectivity index is 2.00. The third-order valence-corrected chi connectivity index (χ3v) is 3.86. The first kappa shape index (κ1) is 13.2. The first-order chi connectivity index (χ1) is 9.49. The molecule has 20 heavy (non-hydrogen) atoms. The minimum Gasteiger partial charge on any atom is -0.396 e. The molecule has 2 aromatic heterocycles. The number of aromatic nitrogens is 4. The highest BCUT2D eigenvalue weighted by molar-refractivity contribution is 5.68. The van der Waals surface area contributed by atoms with Crippen LogP contribution in [0.25, 0.3) is 11.2 Å². The molecule has 3 rings (SSSR count). The molecule has 1 fully saturated rings. The van der Waals surface area contributed by atoms with E-state index in [4.69, 9.17) is 5.11 Å². The Hall–Kier alpha value is -1.81. The molecule has 108 valence electrons. The Morgan fingerprint density at radius 2 is 2.30 bits per heavy atom. The van der Waals surface area contributed by atoms with Crippen LogP contribution in [0.3, 0.4) is 0 Å². The standard InChI is InChI=1S/C11H14N4O5/c16-2-5-1-11(20,7(5)17)10(19)15-4-14-6-8(15)12-3-13-9(6)18/h3-5,7,10,16-17,19-20H,1-2H2,(H,12,13,18)/t5?,7?,10?,11-/m0/s1. The van der Waals surface area contributed by atoms with Gasteiger partial charge in [0.15, 0.2) is 17.4 Å². The first-order valence-electron chi connectivity index (χ1n) is 6.08. The third kappa shape index (κ3) is 1.61. The smallest absolute Gasteiger partial charge is 0.278 e. The lowest BCUT2D eigenvalue weighted by Gasteiger charge is -2.50. The maximum Gasteiger partial charge on any atom is 0.278 e. The van der Waals surface area contributed by atoms with Gasteiger partial charge in [-0.2, -0.15) is 0 Å². The minimum atomic E-state index is -1.80. The van der Waals surface area contributed by atoms with Crippen LogP contribution in [0, 0.1) is 5.92 Å². The van der Waals surface area contributed by atoms with Gasteiger partial charge < -0.3 is 25.4 Å². The number of hydrogen-bond acceptors (Lipinski definition) is 7. The Labute approximate surface area is 112 Å². The summed E-state index contributed by atoms with van der Waals surface area (Å²) in [5.41, 5.74) is -2.13. The lowest BCUT2D eigenvalue weighted by atomic mass is 9.67. The Kier molecular flexibility index (Phi) is 2.87. The number of H-pyrrole nitrogens is 1. The van der Waals surface area contributed by atoms with E-state index in [1.165, 1.54) is 6.33 Å². The molecule has 0 spiro atoms. The van der Waals surface area contributed by atoms with Crippen LogP contribution in [0.15, 0.2) is 17.4 Å². The van der Waals surface area contributed by atoms with E-state index in [1.807, 2.05) is 0 Å². The zero-order valence-corrected chi connectivity index (χ0v) is 10.3. The zero-order valence-electron chi connectivity index (χ0n) is 10.3. The summed E-state index contributed by atoms with van der Waals surface area (Å²) in [6, 6.07) is 0. The van der Waals surface area contributed by atoms with Crippen molar-refractivity contribution in [2.45, 2.75) is 24.4 Å². The van der Waals surface area contributed by atoms with Gasteiger partial charge in [-0.3, -0.25) is 9.36 Å². The van der Waals surface area contributed by atoms with Gasteiger partial charge in [-0.05, 0) is 6.42 Å². The van der Waals surface area contributed by atoms with Crippen LogP contribution in [0.5, 0.6) is 0 Å². The number of aliphatic hydroxyl groups is 4. The molecular formula is C11H14N4O5. The topological polar surface area (TPSA) is 144 Å². The Morgan fingerprint density at radius 1 is 1.55 bits per heavy atom. The second-order valence-corrected chi connectivity index (χ2v) is 5.01. The van der Waals surface area contributed by atoms with Crippen LogP contribution in [0.2, 0.25) is 0 Å². The summed E-state index contributed by atoms with van der Waals surface area (Å²) in [4.78, 5) is 21.6. The number of rotatable bonds is 3. The molecule has 4 atom stereocenters. The molecule has 9 nitrogen and oxygen atoms in total. The average Bonchev–Trinajstić information content (AvgIpc) is 2.88. The number of imidazole rings is 1. The van der Waals surface area contributed by atoms with Crippen molar-refractivity contribution < 1.29 is 20.4 Å². The molecule has 9 heteroatoms. The molecule has 0 aromatic carbocycles. The second-order valence-electron chi connectivity index (χ2n) is 5.01.